The van der Waals surface area contributed by atoms with Gasteiger partial charge in [0.2, 0.25) is 0 Å². The number of hydrogen-bond donors (Lipinski definition) is 1. The number of rotatable bonds is 3. The SMILES string of the molecule is CC(C)Cc1cc(Br)ccc1CO. The van der Waals surface area contributed by atoms with Crippen molar-refractivity contribution in [3.05, 3.63) is 33.8 Å². The highest BCUT2D eigenvalue weighted by Crippen LogP contribution is 2.19. The third-order valence-electron chi connectivity index (χ3n) is 1.97. The maximum Gasteiger partial charge on any atom is 0.0684 e. The first-order valence-electron chi connectivity index (χ1n) is 4.51. The second-order valence-corrected chi connectivity index (χ2v) is 4.58. The van der Waals surface area contributed by atoms with Crippen molar-refractivity contribution in [3.8, 4) is 0 Å². The molecule has 0 fully saturated rings. The van der Waals surface area contributed by atoms with Gasteiger partial charge in [0.15, 0.2) is 0 Å². The van der Waals surface area contributed by atoms with Gasteiger partial charge in [0.05, 0.1) is 6.61 Å². The Hall–Kier alpha value is -0.340. The minimum Gasteiger partial charge on any atom is -0.392 e. The summed E-state index contributed by atoms with van der Waals surface area (Å²) in [5, 5.41) is 9.11. The largest absolute Gasteiger partial charge is 0.392 e. The predicted molar refractivity (Wildman–Crippen MR) is 58.6 cm³/mol. The van der Waals surface area contributed by atoms with Crippen molar-refractivity contribution in [1.82, 2.24) is 0 Å². The van der Waals surface area contributed by atoms with E-state index >= 15 is 0 Å². The van der Waals surface area contributed by atoms with Crippen LogP contribution in [0.3, 0.4) is 0 Å². The van der Waals surface area contributed by atoms with E-state index in [2.05, 4.69) is 35.8 Å². The quantitative estimate of drug-likeness (QED) is 0.864. The van der Waals surface area contributed by atoms with Crippen LogP contribution in [0.2, 0.25) is 0 Å². The number of aliphatic hydroxyl groups is 1. The van der Waals surface area contributed by atoms with Gasteiger partial charge in [-0.1, -0.05) is 35.8 Å². The lowest BCUT2D eigenvalue weighted by Gasteiger charge is -2.10. The molecule has 1 rings (SSSR count). The Morgan fingerprint density at radius 2 is 2.00 bits per heavy atom. The minimum absolute atomic E-state index is 0.134. The summed E-state index contributed by atoms with van der Waals surface area (Å²) in [4.78, 5) is 0. The molecule has 0 saturated carbocycles. The van der Waals surface area contributed by atoms with Crippen LogP contribution in [0.5, 0.6) is 0 Å². The van der Waals surface area contributed by atoms with Crippen LogP contribution in [0.15, 0.2) is 22.7 Å². The average Bonchev–Trinajstić information content (AvgIpc) is 2.03. The van der Waals surface area contributed by atoms with Crippen LogP contribution < -0.4 is 0 Å². The number of benzene rings is 1. The molecule has 0 aliphatic carbocycles. The maximum atomic E-state index is 9.11. The van der Waals surface area contributed by atoms with Crippen LogP contribution in [0.4, 0.5) is 0 Å². The number of aliphatic hydroxyl groups excluding tert-OH is 1. The highest BCUT2D eigenvalue weighted by Gasteiger charge is 2.04. The zero-order valence-electron chi connectivity index (χ0n) is 8.05. The molecule has 0 unspecified atom stereocenters. The molecule has 1 N–H and O–H groups in total. The molecular weight excluding hydrogens is 228 g/mol. The highest BCUT2D eigenvalue weighted by molar-refractivity contribution is 9.10. The fourth-order valence-corrected chi connectivity index (χ4v) is 1.79. The molecule has 0 atom stereocenters. The third kappa shape index (κ3) is 3.12. The van der Waals surface area contributed by atoms with Gasteiger partial charge in [0, 0.05) is 4.47 Å². The van der Waals surface area contributed by atoms with Crippen molar-refractivity contribution in [1.29, 1.82) is 0 Å². The zero-order chi connectivity index (χ0) is 9.84. The van der Waals surface area contributed by atoms with E-state index in [9.17, 15) is 0 Å². The second kappa shape index (κ2) is 4.77. The van der Waals surface area contributed by atoms with Gasteiger partial charge in [0.1, 0.15) is 0 Å². The first kappa shape index (κ1) is 10.7. The maximum absolute atomic E-state index is 9.11. The third-order valence-corrected chi connectivity index (χ3v) is 2.46. The van der Waals surface area contributed by atoms with E-state index in [0.717, 1.165) is 16.5 Å². The zero-order valence-corrected chi connectivity index (χ0v) is 9.63. The summed E-state index contributed by atoms with van der Waals surface area (Å²) in [5.41, 5.74) is 2.28. The van der Waals surface area contributed by atoms with Crippen LogP contribution in [-0.4, -0.2) is 5.11 Å². The molecule has 0 bridgehead atoms. The molecule has 0 aliphatic rings. The lowest BCUT2D eigenvalue weighted by molar-refractivity contribution is 0.280. The Balaban J connectivity index is 2.94. The van der Waals surface area contributed by atoms with Crippen LogP contribution in [0.25, 0.3) is 0 Å². The molecular formula is C11H15BrO. The lowest BCUT2D eigenvalue weighted by Crippen LogP contribution is -1.99. The van der Waals surface area contributed by atoms with E-state index < -0.39 is 0 Å². The van der Waals surface area contributed by atoms with Gasteiger partial charge in [0.25, 0.3) is 0 Å². The van der Waals surface area contributed by atoms with Crippen LogP contribution >= 0.6 is 15.9 Å². The normalized spacial score (nSPS) is 10.8. The molecule has 1 nitrogen and oxygen atoms in total. The number of hydrogen-bond acceptors (Lipinski definition) is 1. The van der Waals surface area contributed by atoms with Crippen molar-refractivity contribution >= 4 is 15.9 Å². The fourth-order valence-electron chi connectivity index (χ4n) is 1.38. The van der Waals surface area contributed by atoms with Gasteiger partial charge in [-0.2, -0.15) is 0 Å². The molecule has 72 valence electrons. The summed E-state index contributed by atoms with van der Waals surface area (Å²) in [6.07, 6.45) is 1.02. The first-order chi connectivity index (χ1) is 6.13. The molecule has 2 heteroatoms. The summed E-state index contributed by atoms with van der Waals surface area (Å²) in [6.45, 7) is 4.50. The van der Waals surface area contributed by atoms with Crippen molar-refractivity contribution in [2.45, 2.75) is 26.9 Å². The topological polar surface area (TPSA) is 20.2 Å². The second-order valence-electron chi connectivity index (χ2n) is 3.67. The average molecular weight is 243 g/mol. The Morgan fingerprint density at radius 3 is 2.54 bits per heavy atom. The van der Waals surface area contributed by atoms with Gasteiger partial charge < -0.3 is 5.11 Å². The molecule has 0 amide bonds. The van der Waals surface area contributed by atoms with Crippen LogP contribution in [0, 0.1) is 5.92 Å². The molecule has 0 aromatic heterocycles. The van der Waals surface area contributed by atoms with Gasteiger partial charge >= 0.3 is 0 Å². The van der Waals surface area contributed by atoms with Crippen molar-refractivity contribution in [3.63, 3.8) is 0 Å². The molecule has 0 saturated heterocycles. The van der Waals surface area contributed by atoms with E-state index in [1.54, 1.807) is 0 Å². The van der Waals surface area contributed by atoms with E-state index in [0.29, 0.717) is 5.92 Å². The Kier molecular flexibility index (Phi) is 3.94. The Bertz CT molecular complexity index is 281. The Morgan fingerprint density at radius 1 is 1.31 bits per heavy atom. The molecule has 0 radical (unpaired) electrons. The summed E-state index contributed by atoms with van der Waals surface area (Å²) in [5.74, 6) is 0.625. The fraction of sp³-hybridized carbons (Fsp3) is 0.455. The monoisotopic (exact) mass is 242 g/mol. The van der Waals surface area contributed by atoms with Crippen molar-refractivity contribution in [2.24, 2.45) is 5.92 Å². The molecule has 0 heterocycles. The summed E-state index contributed by atoms with van der Waals surface area (Å²) >= 11 is 3.43. The van der Waals surface area contributed by atoms with Crippen LogP contribution in [0.1, 0.15) is 25.0 Å². The summed E-state index contributed by atoms with van der Waals surface area (Å²) < 4.78 is 1.08. The molecule has 0 spiro atoms. The summed E-state index contributed by atoms with van der Waals surface area (Å²) in [6, 6.07) is 6.03. The standard InChI is InChI=1S/C11H15BrO/c1-8(2)5-10-6-11(12)4-3-9(10)7-13/h3-4,6,8,13H,5,7H2,1-2H3. The van der Waals surface area contributed by atoms with Crippen LogP contribution in [-0.2, 0) is 13.0 Å². The molecule has 1 aromatic rings. The van der Waals surface area contributed by atoms with Gasteiger partial charge in [-0.3, -0.25) is 0 Å². The lowest BCUT2D eigenvalue weighted by atomic mass is 9.98. The van der Waals surface area contributed by atoms with Crippen molar-refractivity contribution in [2.75, 3.05) is 0 Å². The number of halogens is 1. The highest BCUT2D eigenvalue weighted by atomic mass is 79.9. The van der Waals surface area contributed by atoms with E-state index in [-0.39, 0.29) is 6.61 Å². The van der Waals surface area contributed by atoms with E-state index in [1.807, 2.05) is 12.1 Å². The van der Waals surface area contributed by atoms with E-state index in [1.165, 1.54) is 5.56 Å². The van der Waals surface area contributed by atoms with Gasteiger partial charge in [-0.25, -0.2) is 0 Å². The van der Waals surface area contributed by atoms with E-state index in [4.69, 9.17) is 5.11 Å². The molecule has 0 aliphatic heterocycles. The minimum atomic E-state index is 0.134. The van der Waals surface area contributed by atoms with Gasteiger partial charge in [-0.05, 0) is 35.6 Å². The predicted octanol–water partition coefficient (Wildman–Crippen LogP) is 3.14. The first-order valence-corrected chi connectivity index (χ1v) is 5.31. The Labute approximate surface area is 87.9 Å². The molecule has 13 heavy (non-hydrogen) atoms. The smallest absolute Gasteiger partial charge is 0.0684 e. The summed E-state index contributed by atoms with van der Waals surface area (Å²) in [7, 11) is 0. The van der Waals surface area contributed by atoms with Crippen molar-refractivity contribution < 1.29 is 5.11 Å². The molecule has 1 aromatic carbocycles. The van der Waals surface area contributed by atoms with Gasteiger partial charge in [-0.15, -0.1) is 0 Å².